The van der Waals surface area contributed by atoms with Gasteiger partial charge in [0.05, 0.1) is 17.1 Å². The quantitative estimate of drug-likeness (QED) is 0.155. The van der Waals surface area contributed by atoms with Gasteiger partial charge in [-0.1, -0.05) is 182 Å². The van der Waals surface area contributed by atoms with Gasteiger partial charge < -0.3 is 19.1 Å². The molecule has 2 saturated carbocycles. The maximum absolute atomic E-state index is 9.58. The largest absolute Gasteiger partial charge is 0.454 e. The molecule has 4 nitrogen and oxygen atoms in total. The lowest BCUT2D eigenvalue weighted by Gasteiger charge is -2.44. The van der Waals surface area contributed by atoms with E-state index in [2.05, 4.69) is 251 Å². The summed E-state index contributed by atoms with van der Waals surface area (Å²) in [6.07, 6.45) is 7.12. The lowest BCUT2D eigenvalue weighted by molar-refractivity contribution is 0.327. The lowest BCUT2D eigenvalue weighted by atomic mass is 9.36. The zero-order valence-corrected chi connectivity index (χ0v) is 52.1. The molecule has 3 unspecified atom stereocenters. The molecule has 12 aromatic rings. The molecule has 2 bridgehead atoms. The van der Waals surface area contributed by atoms with Gasteiger partial charge in [-0.25, -0.2) is 0 Å². The Balaban J connectivity index is 0.960. The van der Waals surface area contributed by atoms with Crippen molar-refractivity contribution < 1.29 is 8.53 Å². The van der Waals surface area contributed by atoms with Gasteiger partial charge in [-0.05, 0) is 207 Å². The van der Waals surface area contributed by atoms with E-state index in [4.69, 9.17) is 4.42 Å². The van der Waals surface area contributed by atoms with Gasteiger partial charge in [-0.15, -0.1) is 11.3 Å². The minimum atomic E-state index is -2.47. The maximum Gasteiger partial charge on any atom is 0.264 e. The average Bonchev–Trinajstić information content (AvgIpc) is 1.64. The molecule has 10 aromatic carbocycles. The van der Waals surface area contributed by atoms with Gasteiger partial charge in [0, 0.05) is 74.9 Å². The number of para-hydroxylation sites is 3. The van der Waals surface area contributed by atoms with E-state index in [0.717, 1.165) is 109 Å². The first kappa shape index (κ1) is 49.4. The van der Waals surface area contributed by atoms with Crippen LogP contribution in [-0.4, -0.2) is 6.71 Å². The predicted octanol–water partition coefficient (Wildman–Crippen LogP) is 21.1. The van der Waals surface area contributed by atoms with Gasteiger partial charge in [0.15, 0.2) is 5.58 Å². The van der Waals surface area contributed by atoms with Crippen LogP contribution in [0, 0.1) is 18.7 Å². The van der Waals surface area contributed by atoms with Crippen molar-refractivity contribution >= 4 is 117 Å². The van der Waals surface area contributed by atoms with Crippen LogP contribution in [0.4, 0.5) is 51.2 Å². The van der Waals surface area contributed by atoms with Crippen LogP contribution in [0.25, 0.3) is 54.3 Å². The number of thiophene rings is 1. The summed E-state index contributed by atoms with van der Waals surface area (Å²) >= 11 is 1.91. The molecule has 6 heteroatoms. The summed E-state index contributed by atoms with van der Waals surface area (Å²) in [5.41, 5.74) is 24.8. The van der Waals surface area contributed by atoms with Crippen molar-refractivity contribution in [1.82, 2.24) is 0 Å². The first-order chi connectivity index (χ1) is 43.8. The Morgan fingerprint density at radius 2 is 1.28 bits per heavy atom. The zero-order valence-electron chi connectivity index (χ0n) is 54.3. The normalized spacial score (nSPS) is 20.4. The number of hydrogen-bond donors (Lipinski definition) is 0. The van der Waals surface area contributed by atoms with Crippen molar-refractivity contribution in [2.45, 2.75) is 116 Å². The Labute approximate surface area is 526 Å². The van der Waals surface area contributed by atoms with Crippen LogP contribution in [0.15, 0.2) is 211 Å². The van der Waals surface area contributed by atoms with E-state index in [1.165, 1.54) is 78.5 Å². The molecule has 4 heterocycles. The third-order valence-corrected chi connectivity index (χ3v) is 23.2. The summed E-state index contributed by atoms with van der Waals surface area (Å²) in [6, 6.07) is 76.5. The van der Waals surface area contributed by atoms with Crippen molar-refractivity contribution in [3.05, 3.63) is 240 Å². The summed E-state index contributed by atoms with van der Waals surface area (Å²) in [4.78, 5) is 7.37. The highest BCUT2D eigenvalue weighted by atomic mass is 32.1. The minimum absolute atomic E-state index is 0.0197. The van der Waals surface area contributed by atoms with Gasteiger partial charge in [-0.3, -0.25) is 0 Å². The van der Waals surface area contributed by atoms with Crippen molar-refractivity contribution in [3.63, 3.8) is 0 Å². The van der Waals surface area contributed by atoms with Gasteiger partial charge >= 0.3 is 0 Å². The van der Waals surface area contributed by atoms with Crippen molar-refractivity contribution in [3.8, 4) is 22.3 Å². The highest BCUT2D eigenvalue weighted by Crippen LogP contribution is 2.66. The first-order valence-corrected chi connectivity index (χ1v) is 32.9. The van der Waals surface area contributed by atoms with E-state index in [1.807, 2.05) is 29.5 Å². The van der Waals surface area contributed by atoms with E-state index in [0.29, 0.717) is 17.4 Å². The number of hydrogen-bond acceptors (Lipinski definition) is 5. The molecule has 88 heavy (non-hydrogen) atoms. The van der Waals surface area contributed by atoms with Gasteiger partial charge in [0.25, 0.3) is 6.71 Å². The summed E-state index contributed by atoms with van der Waals surface area (Å²) in [7, 11) is 0. The van der Waals surface area contributed by atoms with E-state index < -0.39 is 6.85 Å². The zero-order chi connectivity index (χ0) is 61.8. The molecule has 3 atom stereocenters. The molecule has 2 aromatic heterocycles. The second kappa shape index (κ2) is 18.5. The molecule has 4 aliphatic carbocycles. The lowest BCUT2D eigenvalue weighted by Crippen LogP contribution is -2.60. The predicted molar refractivity (Wildman–Crippen MR) is 374 cm³/mol. The van der Waals surface area contributed by atoms with Crippen LogP contribution in [0.3, 0.4) is 0 Å². The SMILES string of the molecule is [2H]C([2H])([2H])c1cc2c3c(c1)N(c1cccc4c1oc1ccccc14)c1c(sc4cc5c(cc14)C(C)(C)CCC5(C)C)B3c1ccc(N(c3ccc(C(C)(C)C)cc3)c3ccccc3-c3ccccc3)cc1N2c1ccc2c(c1)C1(CC3CCC1C3)c1ccccc1-2. The van der Waals surface area contributed by atoms with Crippen molar-refractivity contribution in [2.75, 3.05) is 14.7 Å². The molecule has 18 rings (SSSR count). The van der Waals surface area contributed by atoms with Crippen LogP contribution >= 0.6 is 11.3 Å². The van der Waals surface area contributed by atoms with Crippen LogP contribution in [0.1, 0.15) is 124 Å². The number of benzene rings is 10. The van der Waals surface area contributed by atoms with E-state index in [1.54, 1.807) is 0 Å². The van der Waals surface area contributed by atoms with Gasteiger partial charge in [0.1, 0.15) is 5.58 Å². The van der Waals surface area contributed by atoms with Crippen LogP contribution in [0.2, 0.25) is 0 Å². The Bertz CT molecular complexity index is 5050. The first-order valence-electron chi connectivity index (χ1n) is 33.6. The monoisotopic (exact) mass is 1160 g/mol. The number of nitrogens with zero attached hydrogens (tertiary/aromatic N) is 3. The van der Waals surface area contributed by atoms with Crippen LogP contribution in [0.5, 0.6) is 0 Å². The molecular weight excluding hydrogens is 1090 g/mol. The average molecular weight is 1160 g/mol. The van der Waals surface area contributed by atoms with E-state index in [9.17, 15) is 4.11 Å². The third-order valence-electron chi connectivity index (χ3n) is 22.0. The van der Waals surface area contributed by atoms with Gasteiger partial charge in [0.2, 0.25) is 0 Å². The molecule has 0 N–H and O–H groups in total. The number of rotatable bonds is 6. The molecule has 0 saturated heterocycles. The number of aryl methyl sites for hydroxylation is 1. The van der Waals surface area contributed by atoms with Crippen molar-refractivity contribution in [1.29, 1.82) is 0 Å². The van der Waals surface area contributed by atoms with Gasteiger partial charge in [-0.2, -0.15) is 0 Å². The van der Waals surface area contributed by atoms with Crippen LogP contribution in [-0.2, 0) is 21.7 Å². The molecule has 0 amide bonds. The highest BCUT2D eigenvalue weighted by molar-refractivity contribution is 7.33. The fraction of sp³-hybridized carbons (Fsp3) is 0.244. The fourth-order valence-electron chi connectivity index (χ4n) is 17.7. The Hall–Kier alpha value is -8.58. The molecular formula is C82H72BN3OS. The second-order valence-electron chi connectivity index (χ2n) is 28.8. The number of anilines is 9. The Morgan fingerprint density at radius 1 is 0.580 bits per heavy atom. The molecule has 430 valence electrons. The molecule has 1 spiro atoms. The topological polar surface area (TPSA) is 22.9 Å². The van der Waals surface area contributed by atoms with E-state index in [-0.39, 0.29) is 28.4 Å². The third kappa shape index (κ3) is 7.39. The standard InChI is InChI=1S/C82H72BN3OS/c1-49-41-71-75-72(42-49)86(69-27-18-24-61-60-23-14-17-28-73(60)87-77(61)69)76-62-46-65-66(81(7,8)40-39-80(65,5)6)47-74(62)88-78(76)83(75)67-38-36-56(84(54-33-31-52(32-34-54)79(2,3)4)68-26-16-13-21-57(68)51-19-10-9-11-20-51)45-70(67)85(71)55-35-37-59-58-22-12-15-25-63(58)82(64(59)44-55)48-50-29-30-53(82)43-50/h9-28,31-38,41-42,44-47,50,53H,29-30,39-40,43,48H2,1-8H3/i1D3. The van der Waals surface area contributed by atoms with Crippen LogP contribution < -0.4 is 30.4 Å². The summed E-state index contributed by atoms with van der Waals surface area (Å²) in [5, 5.41) is 3.26. The molecule has 2 aliphatic heterocycles. The number of furan rings is 1. The highest BCUT2D eigenvalue weighted by Gasteiger charge is 2.57. The summed E-state index contributed by atoms with van der Waals surface area (Å²) in [5.74, 6) is 1.24. The molecule has 6 aliphatic rings. The minimum Gasteiger partial charge on any atom is -0.454 e. The number of fused-ring (bicyclic) bond motifs is 18. The second-order valence-corrected chi connectivity index (χ2v) is 29.9. The fourth-order valence-corrected chi connectivity index (χ4v) is 19.0. The molecule has 0 radical (unpaired) electrons. The Kier molecular flexibility index (Phi) is 10.4. The van der Waals surface area contributed by atoms with Crippen molar-refractivity contribution in [2.24, 2.45) is 11.8 Å². The molecule has 2 fully saturated rings. The van der Waals surface area contributed by atoms with E-state index >= 15 is 0 Å². The smallest absolute Gasteiger partial charge is 0.264 e. The Morgan fingerprint density at radius 3 is 2.06 bits per heavy atom. The summed E-state index contributed by atoms with van der Waals surface area (Å²) in [6.45, 7) is 13.8. The maximum atomic E-state index is 9.58. The summed E-state index contributed by atoms with van der Waals surface area (Å²) < 4.78 is 38.3.